The van der Waals surface area contributed by atoms with Gasteiger partial charge in [0.2, 0.25) is 0 Å². The van der Waals surface area contributed by atoms with E-state index in [1.165, 1.54) is 6.07 Å². The summed E-state index contributed by atoms with van der Waals surface area (Å²) in [6, 6.07) is 12.3. The monoisotopic (exact) mass is 403 g/mol. The summed E-state index contributed by atoms with van der Waals surface area (Å²) in [6.45, 7) is 3.99. The van der Waals surface area contributed by atoms with Crippen molar-refractivity contribution in [2.45, 2.75) is 32.5 Å². The first-order valence-electron chi connectivity index (χ1n) is 8.06. The minimum atomic E-state index is -0.454. The van der Waals surface area contributed by atoms with Crippen LogP contribution in [0.25, 0.3) is 0 Å². The lowest BCUT2D eigenvalue weighted by atomic mass is 10.0. The van der Waals surface area contributed by atoms with Gasteiger partial charge in [-0.2, -0.15) is 0 Å². The molecule has 0 radical (unpaired) electrons. The normalized spacial score (nSPS) is 17.6. The number of nitro groups is 1. The summed E-state index contributed by atoms with van der Waals surface area (Å²) >= 11 is 3.21. The fraction of sp³-hybridized carbons (Fsp3) is 0.278. The van der Waals surface area contributed by atoms with Gasteiger partial charge in [0.15, 0.2) is 0 Å². The number of amides is 1. The molecule has 7 heteroatoms. The fourth-order valence-corrected chi connectivity index (χ4v) is 3.40. The Morgan fingerprint density at radius 2 is 2.04 bits per heavy atom. The molecule has 1 aliphatic rings. The number of benzene rings is 2. The molecule has 3 rings (SSSR count). The molecule has 1 aliphatic heterocycles. The molecule has 130 valence electrons. The van der Waals surface area contributed by atoms with Gasteiger partial charge in [-0.3, -0.25) is 14.9 Å². The number of nitro benzene ring substituents is 1. The molecule has 0 spiro atoms. The second-order valence-corrected chi connectivity index (χ2v) is 6.88. The lowest BCUT2D eigenvalue weighted by Gasteiger charge is -2.41. The smallest absolute Gasteiger partial charge is 0.283 e. The summed E-state index contributed by atoms with van der Waals surface area (Å²) in [4.78, 5) is 25.6. The largest absolute Gasteiger partial charge is 0.361 e. The van der Waals surface area contributed by atoms with Crippen molar-refractivity contribution >= 4 is 33.2 Å². The Balaban J connectivity index is 2.11. The molecule has 0 aliphatic carbocycles. The Labute approximate surface area is 154 Å². The molecule has 25 heavy (non-hydrogen) atoms. The number of hydrogen-bond acceptors (Lipinski definition) is 4. The molecular formula is C18H18BrN3O3. The van der Waals surface area contributed by atoms with Crippen molar-refractivity contribution in [2.24, 2.45) is 0 Å². The maximum Gasteiger partial charge on any atom is 0.283 e. The Morgan fingerprint density at radius 3 is 2.72 bits per heavy atom. The average Bonchev–Trinajstić information content (AvgIpc) is 2.61. The predicted octanol–water partition coefficient (Wildman–Crippen LogP) is 4.72. The maximum atomic E-state index is 13.0. The van der Waals surface area contributed by atoms with Gasteiger partial charge in [-0.05, 0) is 47.5 Å². The van der Waals surface area contributed by atoms with Crippen molar-refractivity contribution < 1.29 is 9.72 Å². The lowest BCUT2D eigenvalue weighted by Crippen LogP contribution is -2.47. The Bertz CT molecular complexity index is 840. The van der Waals surface area contributed by atoms with Gasteiger partial charge >= 0.3 is 0 Å². The number of nitrogens with one attached hydrogen (secondary N) is 1. The van der Waals surface area contributed by atoms with E-state index in [4.69, 9.17) is 0 Å². The van der Waals surface area contributed by atoms with E-state index in [1.54, 1.807) is 23.1 Å². The molecular weight excluding hydrogens is 386 g/mol. The molecule has 2 aromatic rings. The van der Waals surface area contributed by atoms with Gasteiger partial charge < -0.3 is 10.2 Å². The number of fused-ring (bicyclic) bond motifs is 1. The van der Waals surface area contributed by atoms with Crippen molar-refractivity contribution in [2.75, 3.05) is 5.32 Å². The molecule has 1 amide bonds. The zero-order valence-corrected chi connectivity index (χ0v) is 15.5. The molecule has 0 saturated heterocycles. The summed E-state index contributed by atoms with van der Waals surface area (Å²) in [5.41, 5.74) is 2.01. The number of carbonyl (C=O) groups is 1. The molecule has 0 fully saturated rings. The maximum absolute atomic E-state index is 13.0. The van der Waals surface area contributed by atoms with Gasteiger partial charge in [-0.25, -0.2) is 0 Å². The van der Waals surface area contributed by atoms with Gasteiger partial charge in [0.1, 0.15) is 6.17 Å². The van der Waals surface area contributed by atoms with E-state index in [2.05, 4.69) is 21.2 Å². The molecule has 1 heterocycles. The highest BCUT2D eigenvalue weighted by Gasteiger charge is 2.36. The number of nitrogens with zero attached hydrogens (tertiary/aromatic N) is 2. The number of hydrogen-bond donors (Lipinski definition) is 1. The highest BCUT2D eigenvalue weighted by molar-refractivity contribution is 9.10. The van der Waals surface area contributed by atoms with Gasteiger partial charge in [0, 0.05) is 23.4 Å². The van der Waals surface area contributed by atoms with Crippen LogP contribution < -0.4 is 5.32 Å². The molecule has 0 bridgehead atoms. The molecule has 1 N–H and O–H groups in total. The highest BCUT2D eigenvalue weighted by atomic mass is 79.9. The first-order chi connectivity index (χ1) is 11.9. The highest BCUT2D eigenvalue weighted by Crippen LogP contribution is 2.37. The topological polar surface area (TPSA) is 75.5 Å². The Hall–Kier alpha value is -2.41. The van der Waals surface area contributed by atoms with Gasteiger partial charge in [0.25, 0.3) is 11.6 Å². The number of carbonyl (C=O) groups excluding carboxylic acids is 1. The standard InChI is InChI=1S/C18H18BrN3O3/c1-3-11(2)21-17(12-8-9-14(19)16(10-12)22(24)25)20-15-7-5-4-6-13(15)18(21)23/h4-11,17,20H,3H2,1-2H3/t11-,17+/m1/s1. The summed E-state index contributed by atoms with van der Waals surface area (Å²) in [5.74, 6) is -0.0701. The van der Waals surface area contributed by atoms with Crippen LogP contribution in [0.1, 0.15) is 42.4 Å². The molecule has 0 aromatic heterocycles. The fourth-order valence-electron chi connectivity index (χ4n) is 3.00. The van der Waals surface area contributed by atoms with E-state index >= 15 is 0 Å². The van der Waals surface area contributed by atoms with E-state index in [9.17, 15) is 14.9 Å². The zero-order chi connectivity index (χ0) is 18.1. The van der Waals surface area contributed by atoms with Crippen molar-refractivity contribution in [3.05, 3.63) is 68.2 Å². The third-order valence-corrected chi connectivity index (χ3v) is 5.18. The predicted molar refractivity (Wildman–Crippen MR) is 99.5 cm³/mol. The summed E-state index contributed by atoms with van der Waals surface area (Å²) in [7, 11) is 0. The van der Waals surface area contributed by atoms with Crippen LogP contribution in [-0.4, -0.2) is 21.8 Å². The van der Waals surface area contributed by atoms with Crippen LogP contribution in [0.4, 0.5) is 11.4 Å². The van der Waals surface area contributed by atoms with E-state index in [-0.39, 0.29) is 17.6 Å². The van der Waals surface area contributed by atoms with Crippen LogP contribution in [0, 0.1) is 10.1 Å². The van der Waals surface area contributed by atoms with Crippen LogP contribution >= 0.6 is 15.9 Å². The first kappa shape index (κ1) is 17.4. The van der Waals surface area contributed by atoms with Crippen LogP contribution in [-0.2, 0) is 0 Å². The van der Waals surface area contributed by atoms with Crippen molar-refractivity contribution in [1.29, 1.82) is 0 Å². The second-order valence-electron chi connectivity index (χ2n) is 6.03. The van der Waals surface area contributed by atoms with E-state index < -0.39 is 11.1 Å². The Kier molecular flexibility index (Phi) is 4.76. The molecule has 2 atom stereocenters. The summed E-state index contributed by atoms with van der Waals surface area (Å²) < 4.78 is 0.416. The SMILES string of the molecule is CC[C@@H](C)N1C(=O)c2ccccc2N[C@@H]1c1ccc(Br)c([N+](=O)[O-])c1. The van der Waals surface area contributed by atoms with Crippen molar-refractivity contribution in [1.82, 2.24) is 4.90 Å². The third-order valence-electron chi connectivity index (χ3n) is 4.51. The Morgan fingerprint density at radius 1 is 1.32 bits per heavy atom. The van der Waals surface area contributed by atoms with Gasteiger partial charge in [-0.1, -0.05) is 25.1 Å². The van der Waals surface area contributed by atoms with E-state index in [1.807, 2.05) is 32.0 Å². The van der Waals surface area contributed by atoms with Crippen LogP contribution in [0.15, 0.2) is 46.9 Å². The van der Waals surface area contributed by atoms with E-state index in [0.717, 1.165) is 12.1 Å². The zero-order valence-electron chi connectivity index (χ0n) is 13.9. The summed E-state index contributed by atoms with van der Waals surface area (Å²) in [6.07, 6.45) is 0.328. The number of halogens is 1. The van der Waals surface area contributed by atoms with Gasteiger partial charge in [-0.15, -0.1) is 0 Å². The van der Waals surface area contributed by atoms with Gasteiger partial charge in [0.05, 0.1) is 15.0 Å². The lowest BCUT2D eigenvalue weighted by molar-refractivity contribution is -0.385. The molecule has 6 nitrogen and oxygen atoms in total. The van der Waals surface area contributed by atoms with Crippen molar-refractivity contribution in [3.8, 4) is 0 Å². The van der Waals surface area contributed by atoms with Crippen LogP contribution in [0.2, 0.25) is 0 Å². The minimum absolute atomic E-state index is 0.0129. The van der Waals surface area contributed by atoms with Crippen LogP contribution in [0.3, 0.4) is 0 Å². The van der Waals surface area contributed by atoms with Crippen molar-refractivity contribution in [3.63, 3.8) is 0 Å². The molecule has 0 saturated carbocycles. The number of rotatable bonds is 4. The molecule has 0 unspecified atom stereocenters. The third kappa shape index (κ3) is 3.11. The average molecular weight is 404 g/mol. The first-order valence-corrected chi connectivity index (χ1v) is 8.85. The number of para-hydroxylation sites is 1. The van der Waals surface area contributed by atoms with E-state index in [0.29, 0.717) is 15.6 Å². The second kappa shape index (κ2) is 6.84. The minimum Gasteiger partial charge on any atom is -0.361 e. The summed E-state index contributed by atoms with van der Waals surface area (Å²) in [5, 5.41) is 14.6. The quantitative estimate of drug-likeness (QED) is 0.591. The number of anilines is 1. The van der Waals surface area contributed by atoms with Crippen LogP contribution in [0.5, 0.6) is 0 Å². The molecule has 2 aromatic carbocycles.